The van der Waals surface area contributed by atoms with Crippen LogP contribution in [0.3, 0.4) is 0 Å². The van der Waals surface area contributed by atoms with Gasteiger partial charge in [-0.15, -0.1) is 13.2 Å². The van der Waals surface area contributed by atoms with E-state index in [0.717, 1.165) is 22.6 Å². The Hall–Kier alpha value is -0.940. The molecule has 1 rings (SSSR count). The van der Waals surface area contributed by atoms with Crippen molar-refractivity contribution in [3.63, 3.8) is 0 Å². The molecule has 0 aliphatic carbocycles. The van der Waals surface area contributed by atoms with Gasteiger partial charge in [-0.3, -0.25) is 0 Å². The summed E-state index contributed by atoms with van der Waals surface area (Å²) in [6, 6.07) is 0. The zero-order chi connectivity index (χ0) is 13.4. The fraction of sp³-hybridized carbons (Fsp3) is 0.286. The lowest BCUT2D eigenvalue weighted by Gasteiger charge is -2.15. The Morgan fingerprint density at radius 2 is 1.71 bits per heavy atom. The molecule has 0 amide bonds. The molecule has 1 aromatic rings. The molecule has 0 bridgehead atoms. The first-order valence-corrected chi connectivity index (χ1v) is 4.80. The van der Waals surface area contributed by atoms with Crippen molar-refractivity contribution < 1.29 is 36.2 Å². The van der Waals surface area contributed by atoms with Gasteiger partial charge in [0.2, 0.25) is 0 Å². The number of hydrogen-bond donors (Lipinski definition) is 1. The molecule has 0 fully saturated rings. The topological polar surface area (TPSA) is 42.4 Å². The number of aromatic hydroxyl groups is 1. The molecule has 0 aliphatic heterocycles. The minimum absolute atomic E-state index is 0.242. The van der Waals surface area contributed by atoms with Gasteiger partial charge in [0.25, 0.3) is 0 Å². The van der Waals surface area contributed by atoms with Crippen molar-refractivity contribution in [3.8, 4) is 11.5 Å². The highest BCUT2D eigenvalue weighted by Crippen LogP contribution is 2.41. The molecule has 17 heavy (non-hydrogen) atoms. The summed E-state index contributed by atoms with van der Waals surface area (Å²) in [7, 11) is 0. The second kappa shape index (κ2) is 4.38. The molecule has 0 saturated carbocycles. The van der Waals surface area contributed by atoms with Crippen LogP contribution in [0.15, 0.2) is 6.20 Å². The summed E-state index contributed by atoms with van der Waals surface area (Å²) >= 11 is 0.964. The Morgan fingerprint density at radius 3 is 2.12 bits per heavy atom. The third kappa shape index (κ3) is 3.51. The van der Waals surface area contributed by atoms with Crippen LogP contribution in [0.2, 0.25) is 0 Å². The van der Waals surface area contributed by atoms with Crippen LogP contribution in [-0.2, 0) is 6.18 Å². The van der Waals surface area contributed by atoms with Crippen LogP contribution in [0.5, 0.6) is 11.5 Å². The van der Waals surface area contributed by atoms with Crippen LogP contribution in [-0.4, -0.2) is 16.5 Å². The average molecular weight is 373 g/mol. The highest BCUT2D eigenvalue weighted by molar-refractivity contribution is 14.1. The third-order valence-corrected chi connectivity index (χ3v) is 2.44. The minimum atomic E-state index is -5.21. The second-order valence-corrected chi connectivity index (χ2v) is 3.76. The van der Waals surface area contributed by atoms with E-state index in [0.29, 0.717) is 0 Å². The normalized spacial score (nSPS) is 12.6. The van der Waals surface area contributed by atoms with Crippen LogP contribution in [0.1, 0.15) is 5.69 Å². The standard InChI is InChI=1S/C7H2F6INO2/c8-6(9,10)5-3(14)4(2(16)1-15-5)17-7(11,12)13/h1,16H. The van der Waals surface area contributed by atoms with Crippen LogP contribution < -0.4 is 4.74 Å². The Bertz CT molecular complexity index is 430. The third-order valence-electron chi connectivity index (χ3n) is 1.44. The number of halogens is 7. The van der Waals surface area contributed by atoms with Crippen molar-refractivity contribution in [2.75, 3.05) is 0 Å². The summed E-state index contributed by atoms with van der Waals surface area (Å²) < 4.78 is 74.9. The van der Waals surface area contributed by atoms with Crippen molar-refractivity contribution in [2.45, 2.75) is 12.5 Å². The molecule has 10 heteroatoms. The van der Waals surface area contributed by atoms with Gasteiger partial charge in [0.05, 0.1) is 9.77 Å². The molecule has 0 aromatic carbocycles. The number of alkyl halides is 6. The highest BCUT2D eigenvalue weighted by Gasteiger charge is 2.40. The molecule has 0 atom stereocenters. The summed E-state index contributed by atoms with van der Waals surface area (Å²) in [4.78, 5) is 2.81. The van der Waals surface area contributed by atoms with Gasteiger partial charge in [0.1, 0.15) is 0 Å². The van der Waals surface area contributed by atoms with E-state index in [9.17, 15) is 26.3 Å². The summed E-state index contributed by atoms with van der Waals surface area (Å²) in [5.41, 5.74) is -1.56. The van der Waals surface area contributed by atoms with E-state index in [4.69, 9.17) is 5.11 Å². The van der Waals surface area contributed by atoms with Gasteiger partial charge in [0.15, 0.2) is 17.2 Å². The van der Waals surface area contributed by atoms with E-state index < -0.39 is 33.3 Å². The lowest BCUT2D eigenvalue weighted by atomic mass is 10.3. The molecule has 3 nitrogen and oxygen atoms in total. The molecule has 1 aromatic heterocycles. The van der Waals surface area contributed by atoms with E-state index in [2.05, 4.69) is 9.72 Å². The summed E-state index contributed by atoms with van der Waals surface area (Å²) in [5, 5.41) is 8.99. The summed E-state index contributed by atoms with van der Waals surface area (Å²) in [6.45, 7) is 0. The molecule has 96 valence electrons. The predicted octanol–water partition coefficient (Wildman–Crippen LogP) is 3.31. The Kier molecular flexibility index (Phi) is 3.64. The van der Waals surface area contributed by atoms with Gasteiger partial charge in [-0.2, -0.15) is 13.2 Å². The smallest absolute Gasteiger partial charge is 0.503 e. The zero-order valence-electron chi connectivity index (χ0n) is 7.53. The monoisotopic (exact) mass is 373 g/mol. The zero-order valence-corrected chi connectivity index (χ0v) is 9.68. The van der Waals surface area contributed by atoms with E-state index >= 15 is 0 Å². The molecule has 0 spiro atoms. The maximum atomic E-state index is 12.3. The lowest BCUT2D eigenvalue weighted by Crippen LogP contribution is -2.20. The molecular formula is C7H2F6INO2. The summed E-state index contributed by atoms with van der Waals surface area (Å²) in [5.74, 6) is -2.44. The maximum Gasteiger partial charge on any atom is 0.573 e. The lowest BCUT2D eigenvalue weighted by molar-refractivity contribution is -0.275. The van der Waals surface area contributed by atoms with Crippen LogP contribution in [0.25, 0.3) is 0 Å². The van der Waals surface area contributed by atoms with Gasteiger partial charge in [0, 0.05) is 0 Å². The Balaban J connectivity index is 3.31. The molecule has 0 unspecified atom stereocenters. The van der Waals surface area contributed by atoms with Gasteiger partial charge < -0.3 is 9.84 Å². The van der Waals surface area contributed by atoms with Gasteiger partial charge in [-0.25, -0.2) is 4.98 Å². The van der Waals surface area contributed by atoms with Crippen LogP contribution >= 0.6 is 22.6 Å². The fourth-order valence-electron chi connectivity index (χ4n) is 0.871. The van der Waals surface area contributed by atoms with Gasteiger partial charge in [-0.1, -0.05) is 0 Å². The van der Waals surface area contributed by atoms with Gasteiger partial charge >= 0.3 is 12.5 Å². The number of nitrogens with zero attached hydrogens (tertiary/aromatic N) is 1. The molecule has 0 saturated heterocycles. The number of rotatable bonds is 1. The Morgan fingerprint density at radius 1 is 1.18 bits per heavy atom. The SMILES string of the molecule is Oc1cnc(C(F)(F)F)c(I)c1OC(F)(F)F. The number of hydrogen-bond acceptors (Lipinski definition) is 3. The van der Waals surface area contributed by atoms with Crippen molar-refractivity contribution >= 4 is 22.6 Å². The first-order valence-electron chi connectivity index (χ1n) is 3.73. The minimum Gasteiger partial charge on any atom is -0.503 e. The first-order chi connectivity index (χ1) is 7.52. The largest absolute Gasteiger partial charge is 0.573 e. The number of ether oxygens (including phenoxy) is 1. The first kappa shape index (κ1) is 14.1. The predicted molar refractivity (Wildman–Crippen MR) is 50.3 cm³/mol. The maximum absolute atomic E-state index is 12.3. The van der Waals surface area contributed by atoms with Crippen LogP contribution in [0, 0.1) is 3.57 Å². The van der Waals surface area contributed by atoms with Crippen molar-refractivity contribution in [2.24, 2.45) is 0 Å². The van der Waals surface area contributed by atoms with Crippen molar-refractivity contribution in [1.82, 2.24) is 4.98 Å². The molecule has 1 N–H and O–H groups in total. The fourth-order valence-corrected chi connectivity index (χ4v) is 1.70. The molecule has 0 aliphatic rings. The van der Waals surface area contributed by atoms with E-state index in [1.54, 1.807) is 0 Å². The Labute approximate surface area is 104 Å². The van der Waals surface area contributed by atoms with Crippen molar-refractivity contribution in [3.05, 3.63) is 15.5 Å². The molecule has 1 heterocycles. The number of pyridine rings is 1. The average Bonchev–Trinajstić information content (AvgIpc) is 2.08. The van der Waals surface area contributed by atoms with E-state index in [-0.39, 0.29) is 6.20 Å². The van der Waals surface area contributed by atoms with E-state index in [1.165, 1.54) is 0 Å². The molecular weight excluding hydrogens is 371 g/mol. The quantitative estimate of drug-likeness (QED) is 0.607. The molecule has 0 radical (unpaired) electrons. The van der Waals surface area contributed by atoms with Gasteiger partial charge in [-0.05, 0) is 22.6 Å². The van der Waals surface area contributed by atoms with Crippen molar-refractivity contribution in [1.29, 1.82) is 0 Å². The summed E-state index contributed by atoms with van der Waals surface area (Å²) in [6.07, 6.45) is -9.90. The number of aromatic nitrogens is 1. The van der Waals surface area contributed by atoms with Crippen LogP contribution in [0.4, 0.5) is 26.3 Å². The second-order valence-electron chi connectivity index (χ2n) is 2.68. The van der Waals surface area contributed by atoms with E-state index in [1.807, 2.05) is 0 Å². The highest BCUT2D eigenvalue weighted by atomic mass is 127.